The lowest BCUT2D eigenvalue weighted by Crippen LogP contribution is -2.47. The van der Waals surface area contributed by atoms with E-state index in [1.807, 2.05) is 54.6 Å². The topological polar surface area (TPSA) is 82.7 Å². The van der Waals surface area contributed by atoms with Crippen LogP contribution in [0.25, 0.3) is 10.9 Å². The van der Waals surface area contributed by atoms with Crippen molar-refractivity contribution in [2.24, 2.45) is 0 Å². The van der Waals surface area contributed by atoms with Crippen LogP contribution in [0, 0.1) is 0 Å². The van der Waals surface area contributed by atoms with Crippen LogP contribution in [-0.2, 0) is 27.3 Å². The lowest BCUT2D eigenvalue weighted by atomic mass is 9.92. The number of amides is 3. The fraction of sp³-hybridized carbons (Fsp3) is 0.227. The summed E-state index contributed by atoms with van der Waals surface area (Å²) in [7, 11) is 1.29. The number of hydrogen-bond donors (Lipinski definition) is 1. The number of rotatable bonds is 3. The van der Waals surface area contributed by atoms with Crippen LogP contribution in [-0.4, -0.2) is 45.8 Å². The highest BCUT2D eigenvalue weighted by Crippen LogP contribution is 2.41. The Kier molecular flexibility index (Phi) is 3.91. The number of nitrogens with one attached hydrogen (secondary N) is 1. The summed E-state index contributed by atoms with van der Waals surface area (Å²) in [4.78, 5) is 45.0. The second-order valence-electron chi connectivity index (χ2n) is 7.31. The maximum absolute atomic E-state index is 13.2. The molecule has 1 fully saturated rings. The zero-order chi connectivity index (χ0) is 20.1. The number of methoxy groups -OCH3 is 1. The summed E-state index contributed by atoms with van der Waals surface area (Å²) < 4.78 is 5.01. The average Bonchev–Trinajstić information content (AvgIpc) is 3.23. The molecule has 2 aliphatic heterocycles. The summed E-state index contributed by atoms with van der Waals surface area (Å²) in [6.07, 6.45) is 0.364. The molecule has 2 atom stereocenters. The highest BCUT2D eigenvalue weighted by molar-refractivity contribution is 6.07. The van der Waals surface area contributed by atoms with Crippen molar-refractivity contribution in [2.75, 3.05) is 7.11 Å². The molecule has 5 rings (SSSR count). The second-order valence-corrected chi connectivity index (χ2v) is 7.31. The highest BCUT2D eigenvalue weighted by Gasteiger charge is 2.54. The standard InChI is InChI=1S/C22H19N3O4/c1-29-21(27)19-18-15(14-9-5-6-10-16(14)23-18)11-17-20(26)24(22(28)25(17)19)12-13-7-3-2-4-8-13/h2-10,17,19,23H,11-12H2,1H3/t17-,19-/m0/s1. The summed E-state index contributed by atoms with van der Waals surface area (Å²) in [6, 6.07) is 14.9. The number of urea groups is 1. The molecular formula is C22H19N3O4. The number of H-pyrrole nitrogens is 1. The first-order valence-corrected chi connectivity index (χ1v) is 9.45. The molecule has 1 N–H and O–H groups in total. The van der Waals surface area contributed by atoms with Crippen molar-refractivity contribution < 1.29 is 19.1 Å². The average molecular weight is 389 g/mol. The Bertz CT molecular complexity index is 1140. The van der Waals surface area contributed by atoms with Crippen molar-refractivity contribution in [3.8, 4) is 0 Å². The minimum atomic E-state index is -0.974. The molecule has 0 radical (unpaired) electrons. The SMILES string of the molecule is COC(=O)[C@@H]1c2[nH]c3ccccc3c2C[C@H]2C(=O)N(Cc3ccccc3)C(=O)N12. The monoisotopic (exact) mass is 389 g/mol. The van der Waals surface area contributed by atoms with Gasteiger partial charge in [-0.15, -0.1) is 0 Å². The van der Waals surface area contributed by atoms with Gasteiger partial charge in [0.15, 0.2) is 6.04 Å². The number of ether oxygens (including phenoxy) is 1. The van der Waals surface area contributed by atoms with Crippen molar-refractivity contribution in [1.29, 1.82) is 0 Å². The van der Waals surface area contributed by atoms with Crippen LogP contribution < -0.4 is 0 Å². The van der Waals surface area contributed by atoms with Crippen LogP contribution in [0.3, 0.4) is 0 Å². The van der Waals surface area contributed by atoms with E-state index < -0.39 is 24.1 Å². The number of para-hydroxylation sites is 1. The number of esters is 1. The molecule has 3 amide bonds. The quantitative estimate of drug-likeness (QED) is 0.552. The number of aromatic amines is 1. The molecule has 0 unspecified atom stereocenters. The van der Waals surface area contributed by atoms with Crippen molar-refractivity contribution in [1.82, 2.24) is 14.8 Å². The van der Waals surface area contributed by atoms with Crippen LogP contribution >= 0.6 is 0 Å². The van der Waals surface area contributed by atoms with E-state index in [-0.39, 0.29) is 12.5 Å². The van der Waals surface area contributed by atoms with E-state index in [0.717, 1.165) is 22.0 Å². The molecule has 2 aromatic carbocycles. The number of fused-ring (bicyclic) bond motifs is 4. The highest BCUT2D eigenvalue weighted by atomic mass is 16.5. The maximum Gasteiger partial charge on any atom is 0.334 e. The van der Waals surface area contributed by atoms with Crippen LogP contribution in [0.4, 0.5) is 4.79 Å². The van der Waals surface area contributed by atoms with E-state index in [9.17, 15) is 14.4 Å². The molecule has 2 aliphatic rings. The van der Waals surface area contributed by atoms with Crippen molar-refractivity contribution in [3.05, 3.63) is 71.4 Å². The number of nitrogens with zero attached hydrogens (tertiary/aromatic N) is 2. The van der Waals surface area contributed by atoms with E-state index in [0.29, 0.717) is 12.1 Å². The third-order valence-electron chi connectivity index (χ3n) is 5.74. The van der Waals surface area contributed by atoms with Gasteiger partial charge in [0.2, 0.25) is 0 Å². The number of imide groups is 1. The fourth-order valence-electron chi connectivity index (χ4n) is 4.40. The minimum Gasteiger partial charge on any atom is -0.467 e. The predicted octanol–water partition coefficient (Wildman–Crippen LogP) is 2.77. The fourth-order valence-corrected chi connectivity index (χ4v) is 4.40. The number of benzene rings is 2. The molecule has 0 aliphatic carbocycles. The molecule has 3 heterocycles. The van der Waals surface area contributed by atoms with Gasteiger partial charge in [0.25, 0.3) is 5.91 Å². The van der Waals surface area contributed by atoms with Gasteiger partial charge in [0.05, 0.1) is 19.3 Å². The molecule has 0 spiro atoms. The largest absolute Gasteiger partial charge is 0.467 e. The Labute approximate surface area is 166 Å². The zero-order valence-corrected chi connectivity index (χ0v) is 15.8. The summed E-state index contributed by atoms with van der Waals surface area (Å²) in [6.45, 7) is 0.175. The predicted molar refractivity (Wildman–Crippen MR) is 105 cm³/mol. The molecule has 7 nitrogen and oxygen atoms in total. The Morgan fingerprint density at radius 1 is 1.10 bits per heavy atom. The van der Waals surface area contributed by atoms with Gasteiger partial charge in [-0.2, -0.15) is 0 Å². The molecule has 0 bridgehead atoms. The molecule has 0 saturated carbocycles. The number of aromatic nitrogens is 1. The number of hydrogen-bond acceptors (Lipinski definition) is 4. The first kappa shape index (κ1) is 17.5. The molecule has 3 aromatic rings. The second kappa shape index (κ2) is 6.48. The Balaban J connectivity index is 1.59. The van der Waals surface area contributed by atoms with Crippen LogP contribution in [0.1, 0.15) is 22.9 Å². The molecule has 29 heavy (non-hydrogen) atoms. The third-order valence-corrected chi connectivity index (χ3v) is 5.74. The molecule has 146 valence electrons. The zero-order valence-electron chi connectivity index (χ0n) is 15.8. The normalized spacial score (nSPS) is 20.7. The minimum absolute atomic E-state index is 0.175. The van der Waals surface area contributed by atoms with Gasteiger partial charge in [-0.25, -0.2) is 9.59 Å². The summed E-state index contributed by atoms with van der Waals surface area (Å²) in [5, 5.41) is 0.956. The summed E-state index contributed by atoms with van der Waals surface area (Å²) in [5.74, 6) is -0.853. The summed E-state index contributed by atoms with van der Waals surface area (Å²) >= 11 is 0. The van der Waals surface area contributed by atoms with Gasteiger partial charge >= 0.3 is 12.0 Å². The van der Waals surface area contributed by atoms with Crippen molar-refractivity contribution in [3.63, 3.8) is 0 Å². The Morgan fingerprint density at radius 2 is 1.83 bits per heavy atom. The van der Waals surface area contributed by atoms with E-state index in [2.05, 4.69) is 4.98 Å². The molecular weight excluding hydrogens is 370 g/mol. The van der Waals surface area contributed by atoms with Crippen LogP contribution in [0.2, 0.25) is 0 Å². The van der Waals surface area contributed by atoms with Gasteiger partial charge in [0, 0.05) is 17.3 Å². The third kappa shape index (κ3) is 2.54. The van der Waals surface area contributed by atoms with Crippen molar-refractivity contribution >= 4 is 28.8 Å². The van der Waals surface area contributed by atoms with Gasteiger partial charge in [0.1, 0.15) is 6.04 Å². The lowest BCUT2D eigenvalue weighted by molar-refractivity contribution is -0.147. The van der Waals surface area contributed by atoms with E-state index in [1.165, 1.54) is 16.9 Å². The molecule has 1 aromatic heterocycles. The lowest BCUT2D eigenvalue weighted by Gasteiger charge is -2.33. The van der Waals surface area contributed by atoms with Crippen molar-refractivity contribution in [2.45, 2.75) is 25.0 Å². The molecule has 1 saturated heterocycles. The van der Waals surface area contributed by atoms with Gasteiger partial charge in [-0.1, -0.05) is 48.5 Å². The first-order chi connectivity index (χ1) is 14.1. The summed E-state index contributed by atoms with van der Waals surface area (Å²) in [5.41, 5.74) is 3.23. The Hall–Kier alpha value is -3.61. The van der Waals surface area contributed by atoms with Gasteiger partial charge in [-0.3, -0.25) is 14.6 Å². The Morgan fingerprint density at radius 3 is 2.59 bits per heavy atom. The van der Waals surface area contributed by atoms with E-state index in [1.54, 1.807) is 0 Å². The first-order valence-electron chi connectivity index (χ1n) is 9.45. The van der Waals surface area contributed by atoms with Gasteiger partial charge in [-0.05, 0) is 17.2 Å². The van der Waals surface area contributed by atoms with E-state index in [4.69, 9.17) is 4.74 Å². The molecule has 7 heteroatoms. The smallest absolute Gasteiger partial charge is 0.334 e. The maximum atomic E-state index is 13.2. The van der Waals surface area contributed by atoms with E-state index >= 15 is 0 Å². The van der Waals surface area contributed by atoms with Crippen LogP contribution in [0.5, 0.6) is 0 Å². The van der Waals surface area contributed by atoms with Gasteiger partial charge < -0.3 is 9.72 Å². The number of carbonyl (C=O) groups excluding carboxylic acids is 3. The van der Waals surface area contributed by atoms with Crippen LogP contribution in [0.15, 0.2) is 54.6 Å². The number of carbonyl (C=O) groups is 3.